The lowest BCUT2D eigenvalue weighted by atomic mass is 10.2. The quantitative estimate of drug-likeness (QED) is 0.770. The number of H-pyrrole nitrogens is 1. The van der Waals surface area contributed by atoms with E-state index in [4.69, 9.17) is 4.74 Å². The summed E-state index contributed by atoms with van der Waals surface area (Å²) in [7, 11) is 1.74. The highest BCUT2D eigenvalue weighted by atomic mass is 16.5. The second kappa shape index (κ2) is 4.44. The fraction of sp³-hybridized carbons (Fsp3) is 0.600. The van der Waals surface area contributed by atoms with Crippen LogP contribution in [0.4, 0.5) is 5.69 Å². The summed E-state index contributed by atoms with van der Waals surface area (Å²) >= 11 is 0. The van der Waals surface area contributed by atoms with E-state index in [1.165, 1.54) is 6.07 Å². The second-order valence-corrected chi connectivity index (χ2v) is 3.85. The minimum atomic E-state index is -0.179. The van der Waals surface area contributed by atoms with E-state index in [0.29, 0.717) is 12.1 Å². The molecule has 0 aliphatic heterocycles. The van der Waals surface area contributed by atoms with Gasteiger partial charge in [-0.15, -0.1) is 0 Å². The van der Waals surface area contributed by atoms with Gasteiger partial charge < -0.3 is 10.1 Å². The van der Waals surface area contributed by atoms with Crippen LogP contribution in [0.5, 0.6) is 0 Å². The molecule has 2 atom stereocenters. The first-order chi connectivity index (χ1) is 7.28. The van der Waals surface area contributed by atoms with Crippen molar-refractivity contribution < 1.29 is 4.74 Å². The summed E-state index contributed by atoms with van der Waals surface area (Å²) < 4.78 is 5.28. The Kier molecular flexibility index (Phi) is 3.01. The number of nitrogens with zero attached hydrogens (tertiary/aromatic N) is 1. The Morgan fingerprint density at radius 2 is 2.47 bits per heavy atom. The van der Waals surface area contributed by atoms with E-state index in [1.807, 2.05) is 0 Å². The Morgan fingerprint density at radius 3 is 3.13 bits per heavy atom. The largest absolute Gasteiger partial charge is 0.381 e. The maximum Gasteiger partial charge on any atom is 0.266 e. The summed E-state index contributed by atoms with van der Waals surface area (Å²) in [6.45, 7) is 0. The zero-order chi connectivity index (χ0) is 10.7. The first-order valence-corrected chi connectivity index (χ1v) is 5.12. The zero-order valence-electron chi connectivity index (χ0n) is 8.69. The maximum atomic E-state index is 11.0. The molecular formula is C10H15N3O2. The molecule has 1 aromatic rings. The Labute approximate surface area is 87.8 Å². The van der Waals surface area contributed by atoms with Crippen LogP contribution in [-0.4, -0.2) is 29.5 Å². The molecule has 1 aromatic heterocycles. The standard InChI is InChI=1S/C10H15N3O2/c1-15-9-3-2-7(4-9)12-8-5-10(14)13-11-6-8/h5-7,9H,2-4H2,1H3,(H2,12,13,14). The van der Waals surface area contributed by atoms with Crippen molar-refractivity contribution in [1.29, 1.82) is 0 Å². The Balaban J connectivity index is 1.95. The number of rotatable bonds is 3. The van der Waals surface area contributed by atoms with Gasteiger partial charge in [-0.05, 0) is 19.3 Å². The number of hydrogen-bond donors (Lipinski definition) is 2. The molecule has 1 aliphatic carbocycles. The van der Waals surface area contributed by atoms with Crippen molar-refractivity contribution in [2.24, 2.45) is 0 Å². The minimum absolute atomic E-state index is 0.179. The smallest absolute Gasteiger partial charge is 0.266 e. The minimum Gasteiger partial charge on any atom is -0.381 e. The normalized spacial score (nSPS) is 25.4. The van der Waals surface area contributed by atoms with Crippen LogP contribution in [0.1, 0.15) is 19.3 Å². The lowest BCUT2D eigenvalue weighted by Crippen LogP contribution is -2.19. The number of aromatic nitrogens is 2. The average molecular weight is 209 g/mol. The van der Waals surface area contributed by atoms with Crippen LogP contribution in [0, 0.1) is 0 Å². The van der Waals surface area contributed by atoms with Gasteiger partial charge in [0.15, 0.2) is 0 Å². The topological polar surface area (TPSA) is 67.0 Å². The highest BCUT2D eigenvalue weighted by Crippen LogP contribution is 2.23. The van der Waals surface area contributed by atoms with Crippen LogP contribution < -0.4 is 10.9 Å². The van der Waals surface area contributed by atoms with E-state index in [0.717, 1.165) is 24.9 Å². The summed E-state index contributed by atoms with van der Waals surface area (Å²) in [5.41, 5.74) is 0.599. The van der Waals surface area contributed by atoms with Crippen molar-refractivity contribution >= 4 is 5.69 Å². The predicted molar refractivity (Wildman–Crippen MR) is 56.9 cm³/mol. The van der Waals surface area contributed by atoms with Crippen LogP contribution in [0.3, 0.4) is 0 Å². The Hall–Kier alpha value is -1.36. The van der Waals surface area contributed by atoms with Crippen molar-refractivity contribution in [3.63, 3.8) is 0 Å². The highest BCUT2D eigenvalue weighted by Gasteiger charge is 2.24. The third-order valence-electron chi connectivity index (χ3n) is 2.75. The first kappa shape index (κ1) is 10.2. The maximum absolute atomic E-state index is 11.0. The Bertz CT molecular complexity index is 377. The van der Waals surface area contributed by atoms with Crippen LogP contribution in [-0.2, 0) is 4.74 Å². The summed E-state index contributed by atoms with van der Waals surface area (Å²) in [4.78, 5) is 11.0. The van der Waals surface area contributed by atoms with E-state index in [-0.39, 0.29) is 5.56 Å². The number of nitrogens with one attached hydrogen (secondary N) is 2. The molecule has 15 heavy (non-hydrogen) atoms. The molecule has 0 saturated heterocycles. The predicted octanol–water partition coefficient (Wildman–Crippen LogP) is 0.749. The van der Waals surface area contributed by atoms with E-state index < -0.39 is 0 Å². The summed E-state index contributed by atoms with van der Waals surface area (Å²) in [6.07, 6.45) is 5.11. The van der Waals surface area contributed by atoms with Gasteiger partial charge in [0.1, 0.15) is 0 Å². The van der Waals surface area contributed by atoms with E-state index in [9.17, 15) is 4.79 Å². The number of anilines is 1. The molecule has 2 unspecified atom stereocenters. The third kappa shape index (κ3) is 2.56. The molecule has 0 spiro atoms. The number of aromatic amines is 1. The molecule has 0 bridgehead atoms. The van der Waals surface area contributed by atoms with Crippen LogP contribution in [0.15, 0.2) is 17.1 Å². The zero-order valence-corrected chi connectivity index (χ0v) is 8.69. The van der Waals surface area contributed by atoms with E-state index in [2.05, 4.69) is 15.5 Å². The molecule has 0 amide bonds. The molecule has 1 fully saturated rings. The molecule has 1 saturated carbocycles. The van der Waals surface area contributed by atoms with E-state index in [1.54, 1.807) is 13.3 Å². The van der Waals surface area contributed by atoms with Gasteiger partial charge in [-0.1, -0.05) is 0 Å². The van der Waals surface area contributed by atoms with Crippen molar-refractivity contribution in [2.45, 2.75) is 31.4 Å². The van der Waals surface area contributed by atoms with Crippen molar-refractivity contribution in [3.8, 4) is 0 Å². The lowest BCUT2D eigenvalue weighted by Gasteiger charge is -2.13. The van der Waals surface area contributed by atoms with Gasteiger partial charge in [-0.3, -0.25) is 4.79 Å². The van der Waals surface area contributed by atoms with Crippen LogP contribution in [0.2, 0.25) is 0 Å². The van der Waals surface area contributed by atoms with Gasteiger partial charge in [-0.25, -0.2) is 5.10 Å². The van der Waals surface area contributed by atoms with Crippen molar-refractivity contribution in [3.05, 3.63) is 22.6 Å². The molecule has 5 heteroatoms. The average Bonchev–Trinajstić information content (AvgIpc) is 2.65. The Morgan fingerprint density at radius 1 is 1.60 bits per heavy atom. The highest BCUT2D eigenvalue weighted by molar-refractivity contribution is 5.40. The first-order valence-electron chi connectivity index (χ1n) is 5.12. The second-order valence-electron chi connectivity index (χ2n) is 3.85. The summed E-state index contributed by atoms with van der Waals surface area (Å²) in [5, 5.41) is 9.36. The third-order valence-corrected chi connectivity index (χ3v) is 2.75. The van der Waals surface area contributed by atoms with Gasteiger partial charge in [0.2, 0.25) is 0 Å². The fourth-order valence-corrected chi connectivity index (χ4v) is 1.98. The number of methoxy groups -OCH3 is 1. The van der Waals surface area contributed by atoms with Crippen LogP contribution in [0.25, 0.3) is 0 Å². The molecule has 2 N–H and O–H groups in total. The van der Waals surface area contributed by atoms with Gasteiger partial charge in [0.25, 0.3) is 5.56 Å². The van der Waals surface area contributed by atoms with Gasteiger partial charge in [-0.2, -0.15) is 5.10 Å². The molecule has 5 nitrogen and oxygen atoms in total. The summed E-state index contributed by atoms with van der Waals surface area (Å²) in [5.74, 6) is 0. The number of ether oxygens (including phenoxy) is 1. The summed E-state index contributed by atoms with van der Waals surface area (Å²) in [6, 6.07) is 1.91. The monoisotopic (exact) mass is 209 g/mol. The molecule has 82 valence electrons. The lowest BCUT2D eigenvalue weighted by molar-refractivity contribution is 0.108. The SMILES string of the molecule is COC1CCC(Nc2cn[nH]c(=O)c2)C1. The molecule has 0 aromatic carbocycles. The van der Waals surface area contributed by atoms with Crippen molar-refractivity contribution in [2.75, 3.05) is 12.4 Å². The van der Waals surface area contributed by atoms with E-state index >= 15 is 0 Å². The molecular weight excluding hydrogens is 194 g/mol. The van der Waals surface area contributed by atoms with Crippen LogP contribution >= 0.6 is 0 Å². The van der Waals surface area contributed by atoms with Gasteiger partial charge in [0.05, 0.1) is 18.0 Å². The molecule has 2 rings (SSSR count). The number of hydrogen-bond acceptors (Lipinski definition) is 4. The molecule has 1 heterocycles. The molecule has 1 aliphatic rings. The fourth-order valence-electron chi connectivity index (χ4n) is 1.98. The van der Waals surface area contributed by atoms with Crippen molar-refractivity contribution in [1.82, 2.24) is 10.2 Å². The van der Waals surface area contributed by atoms with Gasteiger partial charge >= 0.3 is 0 Å². The van der Waals surface area contributed by atoms with Gasteiger partial charge in [0, 0.05) is 19.2 Å². The molecule has 0 radical (unpaired) electrons.